The Morgan fingerprint density at radius 2 is 1.95 bits per heavy atom. The van der Waals surface area contributed by atoms with E-state index in [-0.39, 0.29) is 0 Å². The topological polar surface area (TPSA) is 29.3 Å². The van der Waals surface area contributed by atoms with Gasteiger partial charge >= 0.3 is 0 Å². The minimum absolute atomic E-state index is 0.564. The molecule has 1 saturated heterocycles. The number of nitrogens with two attached hydrogens (primary N) is 1. The lowest BCUT2D eigenvalue weighted by molar-refractivity contribution is 0.0617. The Kier molecular flexibility index (Phi) is 5.30. The van der Waals surface area contributed by atoms with Crippen molar-refractivity contribution in [2.75, 3.05) is 13.1 Å². The average molecular weight is 266 g/mol. The molecule has 0 radical (unpaired) electrons. The molecule has 1 saturated carbocycles. The van der Waals surface area contributed by atoms with Gasteiger partial charge in [-0.25, -0.2) is 0 Å². The molecule has 1 aliphatic carbocycles. The quantitative estimate of drug-likeness (QED) is 0.787. The molecule has 0 bridgehead atoms. The van der Waals surface area contributed by atoms with Crippen molar-refractivity contribution in [3.63, 3.8) is 0 Å². The van der Waals surface area contributed by atoms with Crippen LogP contribution in [0.4, 0.5) is 0 Å². The van der Waals surface area contributed by atoms with Gasteiger partial charge in [0, 0.05) is 18.6 Å². The van der Waals surface area contributed by atoms with Gasteiger partial charge in [-0.3, -0.25) is 4.90 Å². The van der Waals surface area contributed by atoms with Crippen LogP contribution in [0.3, 0.4) is 0 Å². The summed E-state index contributed by atoms with van der Waals surface area (Å²) in [4.78, 5) is 2.79. The lowest BCUT2D eigenvalue weighted by Crippen LogP contribution is -2.51. The maximum atomic E-state index is 6.07. The zero-order chi connectivity index (χ0) is 13.9. The van der Waals surface area contributed by atoms with Gasteiger partial charge in [-0.1, -0.05) is 33.6 Å². The Balaban J connectivity index is 1.96. The Morgan fingerprint density at radius 1 is 1.16 bits per heavy atom. The molecule has 1 aliphatic heterocycles. The summed E-state index contributed by atoms with van der Waals surface area (Å²) >= 11 is 0. The van der Waals surface area contributed by atoms with Gasteiger partial charge in [0.15, 0.2) is 0 Å². The van der Waals surface area contributed by atoms with E-state index >= 15 is 0 Å². The van der Waals surface area contributed by atoms with Gasteiger partial charge in [-0.15, -0.1) is 0 Å². The minimum atomic E-state index is 0.564. The first-order chi connectivity index (χ1) is 9.05. The molecule has 19 heavy (non-hydrogen) atoms. The van der Waals surface area contributed by atoms with Crippen molar-refractivity contribution in [2.24, 2.45) is 17.1 Å². The van der Waals surface area contributed by atoms with Crippen LogP contribution in [0.5, 0.6) is 0 Å². The molecule has 0 aromatic carbocycles. The largest absolute Gasteiger partial charge is 0.329 e. The summed E-state index contributed by atoms with van der Waals surface area (Å²) < 4.78 is 0. The van der Waals surface area contributed by atoms with Crippen LogP contribution in [0.25, 0.3) is 0 Å². The third kappa shape index (κ3) is 3.95. The molecule has 2 heteroatoms. The highest BCUT2D eigenvalue weighted by Crippen LogP contribution is 2.37. The van der Waals surface area contributed by atoms with Gasteiger partial charge < -0.3 is 5.73 Å². The maximum absolute atomic E-state index is 6.07. The summed E-state index contributed by atoms with van der Waals surface area (Å²) in [5.74, 6) is 0.923. The van der Waals surface area contributed by atoms with Crippen molar-refractivity contribution >= 4 is 0 Å². The third-order valence-corrected chi connectivity index (χ3v) is 5.73. The summed E-state index contributed by atoms with van der Waals surface area (Å²) in [6, 6.07) is 1.47. The second-order valence-corrected chi connectivity index (χ2v) is 7.67. The Hall–Kier alpha value is -0.0800. The van der Waals surface area contributed by atoms with E-state index in [0.717, 1.165) is 18.5 Å². The third-order valence-electron chi connectivity index (χ3n) is 5.73. The van der Waals surface area contributed by atoms with E-state index in [4.69, 9.17) is 5.73 Å². The normalized spacial score (nSPS) is 36.9. The molecular weight excluding hydrogens is 232 g/mol. The van der Waals surface area contributed by atoms with Crippen molar-refractivity contribution in [3.05, 3.63) is 0 Å². The van der Waals surface area contributed by atoms with Crippen molar-refractivity contribution in [1.29, 1.82) is 0 Å². The highest BCUT2D eigenvalue weighted by Gasteiger charge is 2.34. The predicted octanol–water partition coefficient (Wildman–Crippen LogP) is 3.79. The van der Waals surface area contributed by atoms with Crippen LogP contribution in [0.1, 0.15) is 72.1 Å². The first-order valence-electron chi connectivity index (χ1n) is 8.51. The maximum Gasteiger partial charge on any atom is 0.0223 e. The molecule has 2 N–H and O–H groups in total. The summed E-state index contributed by atoms with van der Waals surface area (Å²) in [7, 11) is 0. The van der Waals surface area contributed by atoms with Crippen molar-refractivity contribution in [3.8, 4) is 0 Å². The Labute approximate surface area is 120 Å². The summed E-state index contributed by atoms with van der Waals surface area (Å²) in [6.07, 6.45) is 11.1. The fourth-order valence-electron chi connectivity index (χ4n) is 4.21. The molecule has 0 aromatic heterocycles. The van der Waals surface area contributed by atoms with Crippen LogP contribution in [0.2, 0.25) is 0 Å². The second kappa shape index (κ2) is 6.58. The van der Waals surface area contributed by atoms with Crippen LogP contribution in [-0.2, 0) is 0 Å². The van der Waals surface area contributed by atoms with E-state index in [1.165, 1.54) is 57.9 Å². The molecule has 2 aliphatic rings. The zero-order valence-electron chi connectivity index (χ0n) is 13.3. The van der Waals surface area contributed by atoms with E-state index in [0.29, 0.717) is 11.5 Å². The van der Waals surface area contributed by atoms with Crippen LogP contribution in [-0.4, -0.2) is 30.1 Å². The SMILES string of the molecule is CCC1CCN(C2CCCC(C)(C)CC2)C(CN)C1. The standard InChI is InChI=1S/C17H34N2/c1-4-14-8-11-19(16(12-14)13-18)15-6-5-9-17(2,3)10-7-15/h14-16H,4-13,18H2,1-3H3. The van der Waals surface area contributed by atoms with E-state index in [1.54, 1.807) is 0 Å². The average Bonchev–Trinajstić information content (AvgIpc) is 2.59. The fraction of sp³-hybridized carbons (Fsp3) is 1.00. The lowest BCUT2D eigenvalue weighted by atomic mass is 9.84. The highest BCUT2D eigenvalue weighted by molar-refractivity contribution is 4.89. The molecule has 2 nitrogen and oxygen atoms in total. The van der Waals surface area contributed by atoms with E-state index < -0.39 is 0 Å². The van der Waals surface area contributed by atoms with E-state index in [9.17, 15) is 0 Å². The number of nitrogens with zero attached hydrogens (tertiary/aromatic N) is 1. The molecule has 0 spiro atoms. The van der Waals surface area contributed by atoms with Gasteiger partial charge in [0.05, 0.1) is 0 Å². The van der Waals surface area contributed by atoms with E-state index in [2.05, 4.69) is 25.7 Å². The number of piperidine rings is 1. The minimum Gasteiger partial charge on any atom is -0.329 e. The Morgan fingerprint density at radius 3 is 2.63 bits per heavy atom. The van der Waals surface area contributed by atoms with Crippen LogP contribution < -0.4 is 5.73 Å². The van der Waals surface area contributed by atoms with Crippen molar-refractivity contribution in [1.82, 2.24) is 4.90 Å². The molecule has 0 aromatic rings. The fourth-order valence-corrected chi connectivity index (χ4v) is 4.21. The zero-order valence-corrected chi connectivity index (χ0v) is 13.3. The summed E-state index contributed by atoms with van der Waals surface area (Å²) in [6.45, 7) is 9.38. The van der Waals surface area contributed by atoms with Crippen LogP contribution in [0, 0.1) is 11.3 Å². The molecule has 2 rings (SSSR count). The number of rotatable bonds is 3. The van der Waals surface area contributed by atoms with Gasteiger partial charge in [0.1, 0.15) is 0 Å². The molecule has 3 unspecified atom stereocenters. The van der Waals surface area contributed by atoms with Gasteiger partial charge in [-0.05, 0) is 56.4 Å². The number of likely N-dealkylation sites (tertiary alicyclic amines) is 1. The molecule has 1 heterocycles. The summed E-state index contributed by atoms with van der Waals surface area (Å²) in [5, 5.41) is 0. The van der Waals surface area contributed by atoms with Gasteiger partial charge in [0.25, 0.3) is 0 Å². The molecule has 3 atom stereocenters. The van der Waals surface area contributed by atoms with Crippen LogP contribution >= 0.6 is 0 Å². The second-order valence-electron chi connectivity index (χ2n) is 7.67. The lowest BCUT2D eigenvalue weighted by Gasteiger charge is -2.43. The smallest absolute Gasteiger partial charge is 0.0223 e. The highest BCUT2D eigenvalue weighted by atomic mass is 15.2. The van der Waals surface area contributed by atoms with Crippen molar-refractivity contribution in [2.45, 2.75) is 84.2 Å². The predicted molar refractivity (Wildman–Crippen MR) is 83.2 cm³/mol. The van der Waals surface area contributed by atoms with Gasteiger partial charge in [-0.2, -0.15) is 0 Å². The molecule has 0 amide bonds. The molecule has 2 fully saturated rings. The first kappa shape index (κ1) is 15.3. The van der Waals surface area contributed by atoms with Crippen molar-refractivity contribution < 1.29 is 0 Å². The van der Waals surface area contributed by atoms with Gasteiger partial charge in [0.2, 0.25) is 0 Å². The molecule has 112 valence electrons. The Bertz CT molecular complexity index is 274. The monoisotopic (exact) mass is 266 g/mol. The van der Waals surface area contributed by atoms with Crippen LogP contribution in [0.15, 0.2) is 0 Å². The number of hydrogen-bond donors (Lipinski definition) is 1. The summed E-state index contributed by atoms with van der Waals surface area (Å²) in [5.41, 5.74) is 6.63. The van der Waals surface area contributed by atoms with E-state index in [1.807, 2.05) is 0 Å². The number of hydrogen-bond acceptors (Lipinski definition) is 2. The molecular formula is C17H34N2. The first-order valence-corrected chi connectivity index (χ1v) is 8.51.